The molecule has 0 amide bonds. The van der Waals surface area contributed by atoms with Crippen LogP contribution >= 0.6 is 11.6 Å². The number of nitrogens with two attached hydrogens (primary N) is 1. The summed E-state index contributed by atoms with van der Waals surface area (Å²) >= 11 is 5.88. The van der Waals surface area contributed by atoms with E-state index in [1.54, 1.807) is 24.3 Å². The van der Waals surface area contributed by atoms with Crippen LogP contribution in [0.1, 0.15) is 11.1 Å². The lowest BCUT2D eigenvalue weighted by Gasteiger charge is -2.09. The van der Waals surface area contributed by atoms with Gasteiger partial charge in [-0.25, -0.2) is 0 Å². The van der Waals surface area contributed by atoms with Crippen molar-refractivity contribution >= 4 is 17.3 Å². The number of benzene rings is 2. The van der Waals surface area contributed by atoms with Gasteiger partial charge in [0.15, 0.2) is 0 Å². The van der Waals surface area contributed by atoms with E-state index in [1.807, 2.05) is 24.3 Å². The summed E-state index contributed by atoms with van der Waals surface area (Å²) in [6.07, 6.45) is 0. The van der Waals surface area contributed by atoms with Gasteiger partial charge in [-0.15, -0.1) is 0 Å². The predicted molar refractivity (Wildman–Crippen MR) is 71.4 cm³/mol. The highest BCUT2D eigenvalue weighted by Gasteiger charge is 2.03. The van der Waals surface area contributed by atoms with Gasteiger partial charge in [0.25, 0.3) is 0 Å². The first-order valence-corrected chi connectivity index (χ1v) is 5.73. The van der Waals surface area contributed by atoms with Gasteiger partial charge in [0.2, 0.25) is 0 Å². The maximum atomic E-state index is 8.81. The molecule has 0 radical (unpaired) electrons. The summed E-state index contributed by atoms with van der Waals surface area (Å²) in [5.41, 5.74) is 7.76. The van der Waals surface area contributed by atoms with Gasteiger partial charge in [-0.05, 0) is 29.8 Å². The molecule has 2 rings (SSSR count). The van der Waals surface area contributed by atoms with E-state index in [1.165, 1.54) is 0 Å². The lowest BCUT2D eigenvalue weighted by molar-refractivity contribution is 0.308. The molecular weight excluding hydrogens is 248 g/mol. The zero-order valence-electron chi connectivity index (χ0n) is 9.56. The lowest BCUT2D eigenvalue weighted by Crippen LogP contribution is -1.99. The lowest BCUT2D eigenvalue weighted by atomic mass is 10.2. The van der Waals surface area contributed by atoms with Crippen LogP contribution in [0.3, 0.4) is 0 Å². The van der Waals surface area contributed by atoms with E-state index in [2.05, 4.69) is 0 Å². The van der Waals surface area contributed by atoms with Crippen molar-refractivity contribution in [2.24, 2.45) is 0 Å². The van der Waals surface area contributed by atoms with Crippen LogP contribution in [-0.2, 0) is 6.61 Å². The summed E-state index contributed by atoms with van der Waals surface area (Å²) < 4.78 is 5.59. The van der Waals surface area contributed by atoms with Crippen LogP contribution in [0.2, 0.25) is 5.02 Å². The average Bonchev–Trinajstić information content (AvgIpc) is 2.38. The van der Waals surface area contributed by atoms with E-state index >= 15 is 0 Å². The molecule has 0 saturated carbocycles. The van der Waals surface area contributed by atoms with Gasteiger partial charge in [-0.1, -0.05) is 23.7 Å². The minimum Gasteiger partial charge on any atom is -0.487 e. The largest absolute Gasteiger partial charge is 0.487 e. The van der Waals surface area contributed by atoms with E-state index in [-0.39, 0.29) is 0 Å². The van der Waals surface area contributed by atoms with Crippen molar-refractivity contribution in [3.05, 3.63) is 58.6 Å². The van der Waals surface area contributed by atoms with E-state index in [0.29, 0.717) is 28.6 Å². The molecule has 2 aromatic rings. The van der Waals surface area contributed by atoms with Gasteiger partial charge in [0.05, 0.1) is 17.3 Å². The maximum absolute atomic E-state index is 8.81. The highest BCUT2D eigenvalue weighted by atomic mass is 35.5. The molecular formula is C14H11ClN2O. The molecule has 0 aliphatic carbocycles. The molecule has 0 saturated heterocycles. The van der Waals surface area contributed by atoms with Gasteiger partial charge >= 0.3 is 0 Å². The van der Waals surface area contributed by atoms with Gasteiger partial charge in [-0.3, -0.25) is 0 Å². The van der Waals surface area contributed by atoms with Gasteiger partial charge in [-0.2, -0.15) is 5.26 Å². The topological polar surface area (TPSA) is 59.0 Å². The summed E-state index contributed by atoms with van der Waals surface area (Å²) in [6, 6.07) is 14.4. The summed E-state index contributed by atoms with van der Waals surface area (Å²) in [4.78, 5) is 0. The molecule has 3 nitrogen and oxygen atoms in total. The molecule has 0 spiro atoms. The molecule has 18 heavy (non-hydrogen) atoms. The second kappa shape index (κ2) is 5.44. The number of hydrogen-bond acceptors (Lipinski definition) is 3. The second-order valence-corrected chi connectivity index (χ2v) is 4.22. The zero-order valence-corrected chi connectivity index (χ0v) is 10.3. The van der Waals surface area contributed by atoms with E-state index in [0.717, 1.165) is 5.56 Å². The Hall–Kier alpha value is -2.18. The average molecular weight is 259 g/mol. The number of nitrogens with zero attached hydrogens (tertiary/aromatic N) is 1. The Labute approximate surface area is 110 Å². The Morgan fingerprint density at radius 3 is 2.78 bits per heavy atom. The number of halogens is 1. The third kappa shape index (κ3) is 2.93. The Balaban J connectivity index is 2.13. The number of ether oxygens (including phenoxy) is 1. The van der Waals surface area contributed by atoms with Crippen LogP contribution < -0.4 is 10.5 Å². The quantitative estimate of drug-likeness (QED) is 0.859. The molecule has 2 aromatic carbocycles. The van der Waals surface area contributed by atoms with Crippen molar-refractivity contribution in [3.63, 3.8) is 0 Å². The van der Waals surface area contributed by atoms with Crippen molar-refractivity contribution in [1.29, 1.82) is 5.26 Å². The zero-order chi connectivity index (χ0) is 13.0. The first kappa shape index (κ1) is 12.3. The van der Waals surface area contributed by atoms with E-state index in [4.69, 9.17) is 27.3 Å². The SMILES string of the molecule is N#Cc1ccc(N)c(OCc2cccc(Cl)c2)c1. The minimum absolute atomic E-state index is 0.361. The van der Waals surface area contributed by atoms with Gasteiger partial charge in [0.1, 0.15) is 12.4 Å². The van der Waals surface area contributed by atoms with Crippen LogP contribution in [0, 0.1) is 11.3 Å². The number of nitriles is 1. The second-order valence-electron chi connectivity index (χ2n) is 3.78. The van der Waals surface area contributed by atoms with Crippen LogP contribution in [0.4, 0.5) is 5.69 Å². The standard InChI is InChI=1S/C14H11ClN2O/c15-12-3-1-2-11(6-12)9-18-14-7-10(8-16)4-5-13(14)17/h1-7H,9,17H2. The molecule has 0 fully saturated rings. The molecule has 0 unspecified atom stereocenters. The molecule has 0 atom stereocenters. The number of hydrogen-bond donors (Lipinski definition) is 1. The van der Waals surface area contributed by atoms with Crippen LogP contribution in [0.25, 0.3) is 0 Å². The number of nitrogen functional groups attached to an aromatic ring is 1. The van der Waals surface area contributed by atoms with Crippen molar-refractivity contribution < 1.29 is 4.74 Å². The Kier molecular flexibility index (Phi) is 3.71. The molecule has 90 valence electrons. The van der Waals surface area contributed by atoms with Crippen LogP contribution in [0.5, 0.6) is 5.75 Å². The molecule has 0 heterocycles. The monoisotopic (exact) mass is 258 g/mol. The molecule has 0 aromatic heterocycles. The van der Waals surface area contributed by atoms with Crippen molar-refractivity contribution in [2.75, 3.05) is 5.73 Å². The third-order valence-electron chi connectivity index (χ3n) is 2.43. The molecule has 0 aliphatic rings. The van der Waals surface area contributed by atoms with Crippen molar-refractivity contribution in [1.82, 2.24) is 0 Å². The minimum atomic E-state index is 0.361. The molecule has 4 heteroatoms. The summed E-state index contributed by atoms with van der Waals surface area (Å²) in [5, 5.41) is 9.47. The molecule has 2 N–H and O–H groups in total. The van der Waals surface area contributed by atoms with Crippen molar-refractivity contribution in [2.45, 2.75) is 6.61 Å². The molecule has 0 aliphatic heterocycles. The summed E-state index contributed by atoms with van der Waals surface area (Å²) in [7, 11) is 0. The molecule has 0 bridgehead atoms. The van der Waals surface area contributed by atoms with Crippen molar-refractivity contribution in [3.8, 4) is 11.8 Å². The Morgan fingerprint density at radius 1 is 1.22 bits per heavy atom. The normalized spacial score (nSPS) is 9.78. The first-order valence-electron chi connectivity index (χ1n) is 5.36. The van der Waals surface area contributed by atoms with Crippen LogP contribution in [0.15, 0.2) is 42.5 Å². The number of rotatable bonds is 3. The van der Waals surface area contributed by atoms with E-state index in [9.17, 15) is 0 Å². The van der Waals surface area contributed by atoms with Gasteiger partial charge in [0, 0.05) is 11.1 Å². The fraction of sp³-hybridized carbons (Fsp3) is 0.0714. The summed E-state index contributed by atoms with van der Waals surface area (Å²) in [5.74, 6) is 0.508. The highest BCUT2D eigenvalue weighted by Crippen LogP contribution is 2.23. The Bertz CT molecular complexity index is 605. The maximum Gasteiger partial charge on any atom is 0.144 e. The van der Waals surface area contributed by atoms with Gasteiger partial charge < -0.3 is 10.5 Å². The number of anilines is 1. The first-order chi connectivity index (χ1) is 8.69. The summed E-state index contributed by atoms with van der Waals surface area (Å²) in [6.45, 7) is 0.361. The third-order valence-corrected chi connectivity index (χ3v) is 2.66. The Morgan fingerprint density at radius 2 is 2.06 bits per heavy atom. The fourth-order valence-electron chi connectivity index (χ4n) is 1.52. The fourth-order valence-corrected chi connectivity index (χ4v) is 1.73. The van der Waals surface area contributed by atoms with Crippen LogP contribution in [-0.4, -0.2) is 0 Å². The predicted octanol–water partition coefficient (Wildman–Crippen LogP) is 3.37. The highest BCUT2D eigenvalue weighted by molar-refractivity contribution is 6.30. The smallest absolute Gasteiger partial charge is 0.144 e. The van der Waals surface area contributed by atoms with E-state index < -0.39 is 0 Å².